The number of likely N-dealkylation sites (tertiary alicyclic amines) is 1. The molecule has 24 heavy (non-hydrogen) atoms. The van der Waals surface area contributed by atoms with Crippen molar-refractivity contribution in [3.8, 4) is 0 Å². The van der Waals surface area contributed by atoms with Crippen LogP contribution in [0.15, 0.2) is 41.1 Å². The van der Waals surface area contributed by atoms with Gasteiger partial charge in [-0.1, -0.05) is 25.0 Å². The van der Waals surface area contributed by atoms with Crippen molar-refractivity contribution < 1.29 is 9.18 Å². The molecule has 3 nitrogen and oxygen atoms in total. The third kappa shape index (κ3) is 4.22. The number of thiophene rings is 1. The first-order chi connectivity index (χ1) is 11.8. The normalized spacial score (nSPS) is 17.2. The summed E-state index contributed by atoms with van der Waals surface area (Å²) in [7, 11) is 0. The van der Waals surface area contributed by atoms with Gasteiger partial charge in [0.1, 0.15) is 5.82 Å². The second-order valence-electron chi connectivity index (χ2n) is 6.21. The largest absolute Gasteiger partial charge is 0.350 e. The monoisotopic (exact) mass is 346 g/mol. The van der Waals surface area contributed by atoms with E-state index in [9.17, 15) is 9.18 Å². The number of hydrogen-bond donors (Lipinski definition) is 1. The van der Waals surface area contributed by atoms with Crippen LogP contribution in [0.2, 0.25) is 0 Å². The molecule has 0 saturated carbocycles. The number of carbonyl (C=O) groups is 1. The highest BCUT2D eigenvalue weighted by atomic mass is 32.1. The molecule has 3 rings (SSSR count). The van der Waals surface area contributed by atoms with E-state index in [-0.39, 0.29) is 17.5 Å². The number of amides is 1. The maximum atomic E-state index is 13.8. The third-order valence-corrected chi connectivity index (χ3v) is 5.29. The Balaban J connectivity index is 1.70. The maximum Gasteiger partial charge on any atom is 0.254 e. The second-order valence-corrected chi connectivity index (χ2v) is 6.99. The maximum absolute atomic E-state index is 13.8. The molecule has 1 unspecified atom stereocenters. The quantitative estimate of drug-likeness (QED) is 0.878. The lowest BCUT2D eigenvalue weighted by Gasteiger charge is -2.30. The van der Waals surface area contributed by atoms with Crippen molar-refractivity contribution >= 4 is 17.2 Å². The Morgan fingerprint density at radius 1 is 1.17 bits per heavy atom. The summed E-state index contributed by atoms with van der Waals surface area (Å²) in [4.78, 5) is 14.8. The average Bonchev–Trinajstić information content (AvgIpc) is 2.98. The van der Waals surface area contributed by atoms with Gasteiger partial charge in [-0.05, 0) is 60.5 Å². The van der Waals surface area contributed by atoms with Crippen molar-refractivity contribution in [1.82, 2.24) is 10.2 Å². The molecule has 1 N–H and O–H groups in total. The standard InChI is InChI=1S/C19H23FN2OS/c20-17-8-4-3-7-16(17)19(23)21-13-18(15-9-12-24-14-15)22-10-5-1-2-6-11-22/h3-4,7-9,12,14,18H,1-2,5-6,10-11,13H2,(H,21,23). The van der Waals surface area contributed by atoms with Crippen molar-refractivity contribution in [1.29, 1.82) is 0 Å². The molecule has 1 amide bonds. The summed E-state index contributed by atoms with van der Waals surface area (Å²) in [5, 5.41) is 7.14. The van der Waals surface area contributed by atoms with E-state index < -0.39 is 5.82 Å². The Labute approximate surface area is 146 Å². The minimum Gasteiger partial charge on any atom is -0.350 e. The molecule has 0 aliphatic carbocycles. The van der Waals surface area contributed by atoms with E-state index in [0.29, 0.717) is 6.54 Å². The lowest BCUT2D eigenvalue weighted by molar-refractivity contribution is 0.0929. The van der Waals surface area contributed by atoms with Crippen molar-refractivity contribution in [2.75, 3.05) is 19.6 Å². The molecule has 1 atom stereocenters. The molecule has 128 valence electrons. The van der Waals surface area contributed by atoms with Gasteiger partial charge in [0.15, 0.2) is 0 Å². The van der Waals surface area contributed by atoms with Crippen molar-refractivity contribution in [3.63, 3.8) is 0 Å². The molecule has 5 heteroatoms. The number of nitrogens with one attached hydrogen (secondary N) is 1. The van der Waals surface area contributed by atoms with E-state index in [1.807, 2.05) is 0 Å². The van der Waals surface area contributed by atoms with Crippen LogP contribution in [-0.4, -0.2) is 30.4 Å². The van der Waals surface area contributed by atoms with Crippen LogP contribution < -0.4 is 5.32 Å². The smallest absolute Gasteiger partial charge is 0.254 e. The summed E-state index contributed by atoms with van der Waals surface area (Å²) in [6.07, 6.45) is 4.94. The molecule has 1 aliphatic rings. The number of carbonyl (C=O) groups excluding carboxylic acids is 1. The van der Waals surface area contributed by atoms with Crippen LogP contribution in [-0.2, 0) is 0 Å². The van der Waals surface area contributed by atoms with Crippen molar-refractivity contribution in [2.45, 2.75) is 31.7 Å². The topological polar surface area (TPSA) is 32.3 Å². The SMILES string of the molecule is O=C(NCC(c1ccsc1)N1CCCCCC1)c1ccccc1F. The summed E-state index contributed by atoms with van der Waals surface area (Å²) in [6, 6.07) is 8.40. The van der Waals surface area contributed by atoms with Crippen LogP contribution in [0.4, 0.5) is 4.39 Å². The predicted octanol–water partition coefficient (Wildman–Crippen LogP) is 4.23. The van der Waals surface area contributed by atoms with Gasteiger partial charge in [-0.25, -0.2) is 4.39 Å². The lowest BCUT2D eigenvalue weighted by atomic mass is 10.1. The van der Waals surface area contributed by atoms with Gasteiger partial charge in [0.05, 0.1) is 11.6 Å². The van der Waals surface area contributed by atoms with Crippen LogP contribution in [0, 0.1) is 5.82 Å². The highest BCUT2D eigenvalue weighted by Gasteiger charge is 2.23. The molecule has 1 aromatic heterocycles. The van der Waals surface area contributed by atoms with Crippen molar-refractivity contribution in [3.05, 3.63) is 58.0 Å². The average molecular weight is 346 g/mol. The minimum absolute atomic E-state index is 0.109. The molecule has 1 aliphatic heterocycles. The van der Waals surface area contributed by atoms with E-state index in [0.717, 1.165) is 13.1 Å². The molecule has 2 aromatic rings. The Bertz CT molecular complexity index is 651. The molecule has 1 saturated heterocycles. The summed E-state index contributed by atoms with van der Waals surface area (Å²) in [5.41, 5.74) is 1.34. The summed E-state index contributed by atoms with van der Waals surface area (Å²) < 4.78 is 13.8. The van der Waals surface area contributed by atoms with Crippen LogP contribution in [0.5, 0.6) is 0 Å². The fourth-order valence-corrected chi connectivity index (χ4v) is 3.97. The summed E-state index contributed by atoms with van der Waals surface area (Å²) in [5.74, 6) is -0.819. The number of halogens is 1. The molecule has 0 bridgehead atoms. The van der Waals surface area contributed by atoms with Gasteiger partial charge in [0.2, 0.25) is 0 Å². The van der Waals surface area contributed by atoms with Gasteiger partial charge in [-0.2, -0.15) is 11.3 Å². The zero-order valence-corrected chi connectivity index (χ0v) is 14.5. The fraction of sp³-hybridized carbons (Fsp3) is 0.421. The van der Waals surface area contributed by atoms with E-state index >= 15 is 0 Å². The highest BCUT2D eigenvalue weighted by molar-refractivity contribution is 7.07. The molecular formula is C19H23FN2OS. The van der Waals surface area contributed by atoms with Gasteiger partial charge in [0, 0.05) is 6.54 Å². The van der Waals surface area contributed by atoms with Crippen LogP contribution in [0.25, 0.3) is 0 Å². The van der Waals surface area contributed by atoms with E-state index in [2.05, 4.69) is 27.0 Å². The summed E-state index contributed by atoms with van der Waals surface area (Å²) >= 11 is 1.67. The number of nitrogens with zero attached hydrogens (tertiary/aromatic N) is 1. The van der Waals surface area contributed by atoms with Gasteiger partial charge in [-0.15, -0.1) is 0 Å². The Kier molecular flexibility index (Phi) is 5.99. The fourth-order valence-electron chi connectivity index (χ4n) is 3.26. The zero-order valence-electron chi connectivity index (χ0n) is 13.7. The molecule has 2 heterocycles. The predicted molar refractivity (Wildman–Crippen MR) is 95.8 cm³/mol. The van der Waals surface area contributed by atoms with Gasteiger partial charge in [-0.3, -0.25) is 9.69 Å². The first kappa shape index (κ1) is 17.1. The van der Waals surface area contributed by atoms with Gasteiger partial charge < -0.3 is 5.32 Å². The Morgan fingerprint density at radius 2 is 1.92 bits per heavy atom. The number of rotatable bonds is 5. The van der Waals surface area contributed by atoms with Crippen molar-refractivity contribution in [2.24, 2.45) is 0 Å². The Morgan fingerprint density at radius 3 is 2.58 bits per heavy atom. The minimum atomic E-state index is -0.475. The van der Waals surface area contributed by atoms with E-state index in [1.165, 1.54) is 43.4 Å². The lowest BCUT2D eigenvalue weighted by Crippen LogP contribution is -2.38. The molecular weight excluding hydrogens is 323 g/mol. The van der Waals surface area contributed by atoms with Gasteiger partial charge in [0.25, 0.3) is 5.91 Å². The van der Waals surface area contributed by atoms with E-state index in [4.69, 9.17) is 0 Å². The first-order valence-corrected chi connectivity index (χ1v) is 9.49. The van der Waals surface area contributed by atoms with Crippen LogP contribution in [0.3, 0.4) is 0 Å². The Hall–Kier alpha value is -1.72. The molecule has 1 fully saturated rings. The molecule has 0 spiro atoms. The summed E-state index contributed by atoms with van der Waals surface area (Å²) in [6.45, 7) is 2.61. The van der Waals surface area contributed by atoms with Crippen LogP contribution in [0.1, 0.15) is 47.6 Å². The highest BCUT2D eigenvalue weighted by Crippen LogP contribution is 2.25. The molecule has 0 radical (unpaired) electrons. The van der Waals surface area contributed by atoms with E-state index in [1.54, 1.807) is 23.5 Å². The third-order valence-electron chi connectivity index (χ3n) is 4.58. The van der Waals surface area contributed by atoms with Gasteiger partial charge >= 0.3 is 0 Å². The number of benzene rings is 1. The zero-order chi connectivity index (χ0) is 16.8. The number of hydrogen-bond acceptors (Lipinski definition) is 3. The molecule has 1 aromatic carbocycles. The second kappa shape index (κ2) is 8.40. The van der Waals surface area contributed by atoms with Crippen LogP contribution >= 0.6 is 11.3 Å². The first-order valence-electron chi connectivity index (χ1n) is 8.54.